The maximum Gasteiger partial charge on any atom is 0.333 e. The van der Waals surface area contributed by atoms with Crippen molar-refractivity contribution in [2.24, 2.45) is 0 Å². The lowest BCUT2D eigenvalue weighted by Crippen LogP contribution is -2.68. The Kier molecular flexibility index (Phi) is 24.1. The molecule has 0 aliphatic carbocycles. The van der Waals surface area contributed by atoms with E-state index in [-0.39, 0.29) is 27.9 Å². The number of aliphatic hydroxyl groups is 9. The summed E-state index contributed by atoms with van der Waals surface area (Å²) in [5.74, 6) is -4.66. The van der Waals surface area contributed by atoms with Gasteiger partial charge < -0.3 is 103 Å². The zero-order chi connectivity index (χ0) is 56.2. The molecule has 424 valence electrons. The third-order valence-corrected chi connectivity index (χ3v) is 13.0. The lowest BCUT2D eigenvalue weighted by molar-refractivity contribution is -0.414. The monoisotopic (exact) mass is 1080 g/mol. The smallest absolute Gasteiger partial charge is 0.333 e. The van der Waals surface area contributed by atoms with Gasteiger partial charge >= 0.3 is 29.8 Å². The molecule has 4 rings (SSSR count). The van der Waals surface area contributed by atoms with Gasteiger partial charge in [0.25, 0.3) is 0 Å². The first-order chi connectivity index (χ1) is 35.4. The fraction of sp³-hybridized carbons (Fsp3) is 0.694. The van der Waals surface area contributed by atoms with Crippen LogP contribution in [0.25, 0.3) is 0 Å². The minimum atomic E-state index is -2.21. The SMILES string of the molecule is CC=C(C)C(=O)OCC1OC(OC2OC(COC(=O)C(C)=CC)C(O)C(O)C2OC2OC(CO)C(OC(=O)C(C)=CC)C(OC(=O)C(C)=CC)C2O)C(OC2OC(CO)C(O)C(OC(=O)C(C)=CC)C2O)C(O)C1O. The molecule has 0 aromatic rings. The van der Waals surface area contributed by atoms with Gasteiger partial charge in [-0.15, -0.1) is 0 Å². The van der Waals surface area contributed by atoms with Gasteiger partial charge in [-0.2, -0.15) is 0 Å². The van der Waals surface area contributed by atoms with Crippen molar-refractivity contribution in [3.05, 3.63) is 58.2 Å². The van der Waals surface area contributed by atoms with Gasteiger partial charge in [0.15, 0.2) is 43.5 Å². The van der Waals surface area contributed by atoms with Gasteiger partial charge in [0.2, 0.25) is 0 Å². The van der Waals surface area contributed by atoms with Gasteiger partial charge in [-0.25, -0.2) is 24.0 Å². The molecule has 75 heavy (non-hydrogen) atoms. The standard InChI is InChI=1S/C49H72O26/c1-11-20(6)41(59)64-18-27-29(52)32(55)39(73-46-34(57)37(31(54)25(16-50)66-46)71-44(62)23(9)14-4)48(68-27)75-49-40(33(56)30(53)28(69-49)19-65-42(60)21(7)12-2)74-47-35(58)38(72-45(63)24(10)15-5)36(26(17-51)67-47)70-43(61)22(8)13-3/h11-15,25-40,46-58H,16-19H2,1-10H3. The highest BCUT2D eigenvalue weighted by Crippen LogP contribution is 2.37. The summed E-state index contributed by atoms with van der Waals surface area (Å²) in [7, 11) is 0. The first kappa shape index (κ1) is 62.9. The van der Waals surface area contributed by atoms with Crippen LogP contribution < -0.4 is 0 Å². The van der Waals surface area contributed by atoms with E-state index in [1.54, 1.807) is 13.8 Å². The van der Waals surface area contributed by atoms with Crippen molar-refractivity contribution in [2.75, 3.05) is 26.4 Å². The normalized spacial score (nSPS) is 37.3. The number of carbonyl (C=O) groups excluding carboxylic acids is 5. The van der Waals surface area contributed by atoms with Crippen LogP contribution in [0.2, 0.25) is 0 Å². The fourth-order valence-corrected chi connectivity index (χ4v) is 7.55. The molecule has 0 saturated carbocycles. The van der Waals surface area contributed by atoms with Crippen LogP contribution in [-0.4, -0.2) is 225 Å². The molecule has 26 heteroatoms. The van der Waals surface area contributed by atoms with Gasteiger partial charge in [-0.1, -0.05) is 30.4 Å². The molecule has 0 radical (unpaired) electrons. The average Bonchev–Trinajstić information content (AvgIpc) is 3.40. The van der Waals surface area contributed by atoms with Gasteiger partial charge in [-0.3, -0.25) is 0 Å². The molecule has 0 aromatic carbocycles. The lowest BCUT2D eigenvalue weighted by atomic mass is 9.96. The molecule has 4 saturated heterocycles. The topological polar surface area (TPSA) is 378 Å². The summed E-state index contributed by atoms with van der Waals surface area (Å²) in [6.45, 7) is 11.3. The first-order valence-corrected chi connectivity index (χ1v) is 24.1. The zero-order valence-corrected chi connectivity index (χ0v) is 43.2. The molecule has 0 bridgehead atoms. The van der Waals surface area contributed by atoms with Crippen LogP contribution in [0.4, 0.5) is 0 Å². The van der Waals surface area contributed by atoms with Crippen molar-refractivity contribution in [1.29, 1.82) is 0 Å². The number of allylic oxidation sites excluding steroid dienone is 5. The molecule has 9 N–H and O–H groups in total. The molecule has 0 spiro atoms. The molecule has 20 unspecified atom stereocenters. The number of rotatable bonds is 20. The van der Waals surface area contributed by atoms with Crippen LogP contribution in [0.3, 0.4) is 0 Å². The highest BCUT2D eigenvalue weighted by Gasteiger charge is 2.57. The Balaban J connectivity index is 1.83. The van der Waals surface area contributed by atoms with Crippen molar-refractivity contribution in [3.8, 4) is 0 Å². The van der Waals surface area contributed by atoms with E-state index in [1.807, 2.05) is 0 Å². The summed E-state index contributed by atoms with van der Waals surface area (Å²) in [6, 6.07) is 0. The fourth-order valence-electron chi connectivity index (χ4n) is 7.55. The van der Waals surface area contributed by atoms with E-state index in [0.717, 1.165) is 0 Å². The Morgan fingerprint density at radius 1 is 0.360 bits per heavy atom. The van der Waals surface area contributed by atoms with Crippen molar-refractivity contribution < 1.29 is 127 Å². The summed E-state index contributed by atoms with van der Waals surface area (Å²) in [4.78, 5) is 64.6. The zero-order valence-electron chi connectivity index (χ0n) is 43.2. The van der Waals surface area contributed by atoms with E-state index in [9.17, 15) is 69.9 Å². The molecule has 0 aromatic heterocycles. The molecular formula is C49H72O26. The quantitative estimate of drug-likeness (QED) is 0.0356. The number of hydrogen-bond donors (Lipinski definition) is 9. The van der Waals surface area contributed by atoms with Crippen molar-refractivity contribution >= 4 is 29.8 Å². The van der Waals surface area contributed by atoms with E-state index in [4.69, 9.17) is 56.8 Å². The minimum Gasteiger partial charge on any atom is -0.459 e. The van der Waals surface area contributed by atoms with Crippen molar-refractivity contribution in [2.45, 2.75) is 192 Å². The lowest BCUT2D eigenvalue weighted by Gasteiger charge is -2.49. The van der Waals surface area contributed by atoms with Crippen LogP contribution >= 0.6 is 0 Å². The number of hydrogen-bond acceptors (Lipinski definition) is 26. The van der Waals surface area contributed by atoms with Gasteiger partial charge in [-0.05, 0) is 69.2 Å². The van der Waals surface area contributed by atoms with Gasteiger partial charge in [0.1, 0.15) is 92.6 Å². The molecule has 0 amide bonds. The van der Waals surface area contributed by atoms with E-state index < -0.39 is 179 Å². The van der Waals surface area contributed by atoms with Crippen LogP contribution in [0.5, 0.6) is 0 Å². The second-order valence-corrected chi connectivity index (χ2v) is 18.0. The van der Waals surface area contributed by atoms with Gasteiger partial charge in [0.05, 0.1) is 13.2 Å². The van der Waals surface area contributed by atoms with Crippen molar-refractivity contribution in [3.63, 3.8) is 0 Å². The molecule has 4 fully saturated rings. The third-order valence-electron chi connectivity index (χ3n) is 13.0. The average molecular weight is 1080 g/mol. The summed E-state index contributed by atoms with van der Waals surface area (Å²) in [5, 5.41) is 102. The molecule has 26 nitrogen and oxygen atoms in total. The number of carbonyl (C=O) groups is 5. The summed E-state index contributed by atoms with van der Waals surface area (Å²) < 4.78 is 69.2. The molecular weight excluding hydrogens is 1000 g/mol. The molecule has 4 aliphatic heterocycles. The van der Waals surface area contributed by atoms with E-state index in [0.29, 0.717) is 0 Å². The van der Waals surface area contributed by atoms with Gasteiger partial charge in [0, 0.05) is 27.9 Å². The van der Waals surface area contributed by atoms with Crippen LogP contribution in [0.1, 0.15) is 69.2 Å². The van der Waals surface area contributed by atoms with E-state index >= 15 is 0 Å². The van der Waals surface area contributed by atoms with Crippen molar-refractivity contribution in [1.82, 2.24) is 0 Å². The Bertz CT molecular complexity index is 2120. The largest absolute Gasteiger partial charge is 0.459 e. The molecule has 20 atom stereocenters. The highest BCUT2D eigenvalue weighted by molar-refractivity contribution is 5.89. The Morgan fingerprint density at radius 2 is 0.680 bits per heavy atom. The molecule has 4 aliphatic rings. The van der Waals surface area contributed by atoms with Crippen LogP contribution in [-0.2, 0) is 80.8 Å². The summed E-state index contributed by atoms with van der Waals surface area (Å²) >= 11 is 0. The minimum absolute atomic E-state index is 0.0431. The van der Waals surface area contributed by atoms with Crippen LogP contribution in [0, 0.1) is 0 Å². The van der Waals surface area contributed by atoms with E-state index in [1.165, 1.54) is 85.8 Å². The maximum absolute atomic E-state index is 13.2. The number of aliphatic hydroxyl groups excluding tert-OH is 9. The number of ether oxygens (including phenoxy) is 12. The second-order valence-electron chi connectivity index (χ2n) is 18.0. The Hall–Kier alpha value is -4.59. The Morgan fingerprint density at radius 3 is 1.05 bits per heavy atom. The Labute approximate surface area is 432 Å². The molecule has 4 heterocycles. The summed E-state index contributed by atoms with van der Waals surface area (Å²) in [6.07, 6.45) is -32.4. The summed E-state index contributed by atoms with van der Waals surface area (Å²) in [5.41, 5.74) is 0.466. The maximum atomic E-state index is 13.2. The second kappa shape index (κ2) is 28.7. The van der Waals surface area contributed by atoms with Crippen LogP contribution in [0.15, 0.2) is 58.2 Å². The highest BCUT2D eigenvalue weighted by atomic mass is 16.8. The van der Waals surface area contributed by atoms with E-state index in [2.05, 4.69) is 0 Å². The predicted molar refractivity (Wildman–Crippen MR) is 250 cm³/mol. The third kappa shape index (κ3) is 15.3. The predicted octanol–water partition coefficient (Wildman–Crippen LogP) is -2.16. The number of esters is 5. The first-order valence-electron chi connectivity index (χ1n) is 24.1.